The van der Waals surface area contributed by atoms with Crippen LogP contribution in [0, 0.1) is 4.64 Å². The zero-order chi connectivity index (χ0) is 36.8. The van der Waals surface area contributed by atoms with Crippen molar-refractivity contribution >= 4 is 54.7 Å². The van der Waals surface area contributed by atoms with E-state index in [2.05, 4.69) is 41.9 Å². The summed E-state index contributed by atoms with van der Waals surface area (Å²) in [5.41, 5.74) is -0.192. The molecule has 3 aromatic rings. The Hall–Kier alpha value is -2.03. The van der Waals surface area contributed by atoms with Crippen LogP contribution in [-0.4, -0.2) is 119 Å². The predicted octanol–water partition coefficient (Wildman–Crippen LogP) is -1.53. The van der Waals surface area contributed by atoms with Gasteiger partial charge in [0.25, 0.3) is 5.56 Å². The number of hydrogen-bond donors (Lipinski definition) is 9. The van der Waals surface area contributed by atoms with Crippen LogP contribution in [0.15, 0.2) is 36.0 Å². The van der Waals surface area contributed by atoms with Crippen molar-refractivity contribution in [3.05, 3.63) is 46.2 Å². The van der Waals surface area contributed by atoms with Crippen LogP contribution in [0.2, 0.25) is 0 Å². The minimum atomic E-state index is -6.18. The Morgan fingerprint density at radius 3 is 1.82 bits per heavy atom. The molecule has 50 heavy (non-hydrogen) atoms. The van der Waals surface area contributed by atoms with Crippen molar-refractivity contribution in [1.29, 1.82) is 0 Å². The molecule has 2 aliphatic heterocycles. The molecule has 0 spiro atoms. The summed E-state index contributed by atoms with van der Waals surface area (Å²) < 4.78 is 82.8. The number of hydrogen-bond acceptors (Lipinski definition) is 20. The van der Waals surface area contributed by atoms with Gasteiger partial charge >= 0.3 is 31.3 Å². The molecule has 4 unspecified atom stereocenters. The number of phosphoric acid groups is 4. The smallest absolute Gasteiger partial charge is 0.387 e. The lowest BCUT2D eigenvalue weighted by molar-refractivity contribution is -0.0527. The number of H-pyrrole nitrogens is 1. The summed E-state index contributed by atoms with van der Waals surface area (Å²) in [5, 5.41) is 41.3. The maximum Gasteiger partial charge on any atom is 0.490 e. The number of phosphoric ester groups is 2. The first-order valence-corrected chi connectivity index (χ1v) is 19.8. The molecule has 3 aromatic heterocycles. The third kappa shape index (κ3) is 9.12. The standard InChI is InChI=1S/C19H26N6O20P4S/c26-10-1-2-24(6-22-10)18-14(29)12(27)8(41-18)3-39-46(31,32)43-48(35,36)45-49(37,38)44-47(33,34)40-4-9-13(28)15(30)19(42-9)25-7-23-11-16(25)20-5-21-17(11)50/h1-2,5-9,12-15,18-19,27-30H,3-4H2,(H,31,32)(H,33,34)(H,35,36)(H,37,38)(H,20,21,50)/t8-,9-,12-,13-,14-,15-,18+,19+/m1/s1. The Bertz CT molecular complexity index is 2010. The Labute approximate surface area is 281 Å². The van der Waals surface area contributed by atoms with E-state index in [0.29, 0.717) is 0 Å². The van der Waals surface area contributed by atoms with Gasteiger partial charge in [-0.3, -0.25) is 18.4 Å². The molecule has 12 atom stereocenters. The fraction of sp³-hybridized carbons (Fsp3) is 0.526. The number of nitrogens with one attached hydrogen (secondary N) is 1. The van der Waals surface area contributed by atoms with Gasteiger partial charge in [0, 0.05) is 12.3 Å². The number of aromatic nitrogens is 6. The largest absolute Gasteiger partial charge is 0.490 e. The fourth-order valence-electron chi connectivity index (χ4n) is 4.59. The first-order chi connectivity index (χ1) is 23.2. The van der Waals surface area contributed by atoms with Gasteiger partial charge in [-0.05, 0) is 0 Å². The summed E-state index contributed by atoms with van der Waals surface area (Å²) >= 11 is 5.05. The van der Waals surface area contributed by atoms with E-state index in [-0.39, 0.29) is 15.8 Å². The summed E-state index contributed by atoms with van der Waals surface area (Å²) in [6.07, 6.45) is -8.30. The number of imidazole rings is 1. The minimum absolute atomic E-state index is 0.0995. The van der Waals surface area contributed by atoms with Crippen LogP contribution in [0.4, 0.5) is 0 Å². The second-order valence-electron chi connectivity index (χ2n) is 10.2. The number of aliphatic hydroxyl groups is 4. The zero-order valence-corrected chi connectivity index (χ0v) is 28.7. The monoisotopic (exact) mass is 814 g/mol. The molecule has 0 saturated carbocycles. The topological polar surface area (TPSA) is 376 Å². The molecule has 0 bridgehead atoms. The van der Waals surface area contributed by atoms with Crippen molar-refractivity contribution in [2.24, 2.45) is 0 Å². The summed E-state index contributed by atoms with van der Waals surface area (Å²) in [6.45, 7) is -2.20. The molecule has 0 amide bonds. The first kappa shape index (κ1) is 39.2. The third-order valence-corrected chi connectivity index (χ3v) is 13.0. The van der Waals surface area contributed by atoms with Gasteiger partial charge in [-0.15, -0.1) is 0 Å². The highest BCUT2D eigenvalue weighted by Crippen LogP contribution is 2.71. The van der Waals surface area contributed by atoms with Crippen molar-refractivity contribution in [2.75, 3.05) is 13.2 Å². The molecule has 0 radical (unpaired) electrons. The molecular formula is C19H26N6O20P4S. The maximum atomic E-state index is 12.4. The normalized spacial score (nSPS) is 31.9. The Morgan fingerprint density at radius 2 is 1.28 bits per heavy atom. The van der Waals surface area contributed by atoms with Crippen molar-refractivity contribution in [3.63, 3.8) is 0 Å². The van der Waals surface area contributed by atoms with Crippen LogP contribution in [0.5, 0.6) is 0 Å². The lowest BCUT2D eigenvalue weighted by atomic mass is 10.1. The molecule has 9 N–H and O–H groups in total. The van der Waals surface area contributed by atoms with E-state index >= 15 is 0 Å². The summed E-state index contributed by atoms with van der Waals surface area (Å²) in [4.78, 5) is 64.6. The van der Waals surface area contributed by atoms with Crippen LogP contribution in [-0.2, 0) is 49.7 Å². The SMILES string of the molecule is O=c1ccn([C@H]2O[C@H](COP(=O)(O)OP(=O)(O)OP(=O)(O)OP(=O)(O)OC[C@H]3O[C@H](n4cnc5c(=S)nc[nH]c54)[C@H](O)[C@@H]3O)[C@@H](O)[C@H]2O)cn1. The van der Waals surface area contributed by atoms with E-state index in [4.69, 9.17) is 21.7 Å². The molecule has 0 aromatic carbocycles. The van der Waals surface area contributed by atoms with E-state index < -0.39 is 99.1 Å². The fourth-order valence-corrected chi connectivity index (χ4v) is 9.74. The van der Waals surface area contributed by atoms with Gasteiger partial charge in [-0.25, -0.2) is 28.2 Å². The van der Waals surface area contributed by atoms with E-state index in [1.54, 1.807) is 0 Å². The van der Waals surface area contributed by atoms with Crippen molar-refractivity contribution in [3.8, 4) is 0 Å². The van der Waals surface area contributed by atoms with Gasteiger partial charge in [0.1, 0.15) is 54.1 Å². The highest BCUT2D eigenvalue weighted by atomic mass is 32.1. The van der Waals surface area contributed by atoms with E-state index in [9.17, 15) is 63.1 Å². The Morgan fingerprint density at radius 1 is 0.760 bits per heavy atom. The van der Waals surface area contributed by atoms with E-state index in [1.165, 1.54) is 17.2 Å². The van der Waals surface area contributed by atoms with Crippen molar-refractivity contribution in [1.82, 2.24) is 29.1 Å². The summed E-state index contributed by atoms with van der Waals surface area (Å²) in [6, 6.07) is 1.00. The van der Waals surface area contributed by atoms with Gasteiger partial charge in [-0.1, -0.05) is 12.2 Å². The lowest BCUT2D eigenvalue weighted by Gasteiger charge is -2.21. The first-order valence-electron chi connectivity index (χ1n) is 13.4. The second-order valence-corrected chi connectivity index (χ2v) is 16.8. The molecule has 278 valence electrons. The van der Waals surface area contributed by atoms with Gasteiger partial charge < -0.3 is 59.0 Å². The van der Waals surface area contributed by atoms with Crippen molar-refractivity contribution in [2.45, 2.75) is 49.1 Å². The number of aromatic amines is 1. The summed E-state index contributed by atoms with van der Waals surface area (Å²) in [7, 11) is -23.8. The number of ether oxygens (including phenoxy) is 2. The summed E-state index contributed by atoms with van der Waals surface area (Å²) in [5.74, 6) is 0. The van der Waals surface area contributed by atoms with Crippen LogP contribution in [0.3, 0.4) is 0 Å². The van der Waals surface area contributed by atoms with Gasteiger partial charge in [0.15, 0.2) is 17.1 Å². The number of aliphatic hydroxyl groups excluding tert-OH is 4. The quantitative estimate of drug-likeness (QED) is 0.0658. The average molecular weight is 814 g/mol. The van der Waals surface area contributed by atoms with Crippen LogP contribution in [0.25, 0.3) is 11.2 Å². The molecule has 31 heteroatoms. The minimum Gasteiger partial charge on any atom is -0.387 e. The maximum absolute atomic E-state index is 12.4. The molecule has 5 rings (SSSR count). The van der Waals surface area contributed by atoms with Crippen LogP contribution in [0.1, 0.15) is 12.5 Å². The highest BCUT2D eigenvalue weighted by Gasteiger charge is 2.49. The second kappa shape index (κ2) is 14.8. The van der Waals surface area contributed by atoms with E-state index in [0.717, 1.165) is 23.2 Å². The molecule has 2 saturated heterocycles. The molecule has 26 nitrogen and oxygen atoms in total. The van der Waals surface area contributed by atoms with Crippen molar-refractivity contribution < 1.29 is 89.7 Å². The zero-order valence-electron chi connectivity index (χ0n) is 24.3. The third-order valence-electron chi connectivity index (χ3n) is 6.75. The number of nitrogens with zero attached hydrogens (tertiary/aromatic N) is 5. The van der Waals surface area contributed by atoms with Crippen LogP contribution < -0.4 is 5.56 Å². The Balaban J connectivity index is 1.13. The highest BCUT2D eigenvalue weighted by molar-refractivity contribution is 7.71. The van der Waals surface area contributed by atoms with Gasteiger partial charge in [0.2, 0.25) is 0 Å². The molecule has 5 heterocycles. The Kier molecular flexibility index (Phi) is 11.6. The van der Waals surface area contributed by atoms with Gasteiger partial charge in [0.05, 0.1) is 25.9 Å². The van der Waals surface area contributed by atoms with E-state index in [1.807, 2.05) is 0 Å². The van der Waals surface area contributed by atoms with Crippen LogP contribution >= 0.6 is 43.5 Å². The number of rotatable bonds is 14. The molecular weight excluding hydrogens is 788 g/mol. The lowest BCUT2D eigenvalue weighted by Crippen LogP contribution is -2.33. The number of fused-ring (bicyclic) bond motifs is 1. The molecule has 2 fully saturated rings. The molecule has 2 aliphatic rings. The average Bonchev–Trinajstić information content (AvgIpc) is 3.64. The van der Waals surface area contributed by atoms with Gasteiger partial charge in [-0.2, -0.15) is 17.9 Å². The molecule has 0 aliphatic carbocycles. The predicted molar refractivity (Wildman–Crippen MR) is 158 cm³/mol.